The van der Waals surface area contributed by atoms with Crippen LogP contribution in [-0.4, -0.2) is 28.6 Å². The van der Waals surface area contributed by atoms with Gasteiger partial charge in [0.15, 0.2) is 22.8 Å². The highest BCUT2D eigenvalue weighted by Gasteiger charge is 2.36. The molecule has 0 unspecified atom stereocenters. The molecule has 0 radical (unpaired) electrons. The topological polar surface area (TPSA) is 75.5 Å². The molecule has 3 aliphatic heterocycles. The van der Waals surface area contributed by atoms with E-state index in [1.807, 2.05) is 36.4 Å². The molecule has 3 aliphatic rings. The predicted octanol–water partition coefficient (Wildman–Crippen LogP) is 2.46. The summed E-state index contributed by atoms with van der Waals surface area (Å²) in [6, 6.07) is 11.4. The summed E-state index contributed by atoms with van der Waals surface area (Å²) in [6.45, 7) is 2.28. The second kappa shape index (κ2) is 7.38. The van der Waals surface area contributed by atoms with Crippen LogP contribution in [0.25, 0.3) is 5.70 Å². The van der Waals surface area contributed by atoms with E-state index in [9.17, 15) is 4.79 Å². The molecule has 148 valence electrons. The van der Waals surface area contributed by atoms with Crippen molar-refractivity contribution < 1.29 is 14.3 Å². The van der Waals surface area contributed by atoms with Gasteiger partial charge in [-0.2, -0.15) is 0 Å². The Morgan fingerprint density at radius 1 is 1.28 bits per heavy atom. The molecule has 0 aromatic heterocycles. The molecule has 0 spiro atoms. The Labute approximate surface area is 179 Å². The van der Waals surface area contributed by atoms with Crippen LogP contribution in [0.4, 0.5) is 0 Å². The average molecular weight is 473 g/mol. The van der Waals surface area contributed by atoms with E-state index < -0.39 is 6.17 Å². The lowest BCUT2D eigenvalue weighted by Crippen LogP contribution is -2.50. The number of ether oxygens (including phenoxy) is 2. The third kappa shape index (κ3) is 3.18. The fourth-order valence-corrected chi connectivity index (χ4v) is 4.66. The average Bonchev–Trinajstić information content (AvgIpc) is 3.18. The third-order valence-electron chi connectivity index (χ3n) is 4.73. The monoisotopic (exact) mass is 472 g/mol. The Kier molecular flexibility index (Phi) is 4.71. The lowest BCUT2D eigenvalue weighted by atomic mass is 10.1. The molecule has 5 rings (SSSR count). The Balaban J connectivity index is 1.70. The summed E-state index contributed by atoms with van der Waals surface area (Å²) < 4.78 is 11.8. The standard InChI is InChI=1S/C20H17BrN4O3S/c1-2-7-29-20-23-19(26)17-11-5-3-4-6-14(11)22-18(25(17)24-20)12-8-15-16(9-13(12)21)28-10-27-15/h3-6,8-9,18H,2,7,10H2,1H3,(H,23,24,26)/t18-/m0/s1. The van der Waals surface area contributed by atoms with Crippen molar-refractivity contribution in [2.45, 2.75) is 19.5 Å². The number of hydrogen-bond acceptors (Lipinski definition) is 7. The predicted molar refractivity (Wildman–Crippen MR) is 114 cm³/mol. The number of para-hydroxylation sites is 1. The van der Waals surface area contributed by atoms with Crippen LogP contribution in [0.1, 0.15) is 25.1 Å². The van der Waals surface area contributed by atoms with Crippen LogP contribution in [-0.2, 0) is 4.79 Å². The van der Waals surface area contributed by atoms with Gasteiger partial charge in [-0.1, -0.05) is 52.8 Å². The Morgan fingerprint density at radius 3 is 2.90 bits per heavy atom. The minimum absolute atomic E-state index is 0.178. The molecule has 29 heavy (non-hydrogen) atoms. The highest BCUT2D eigenvalue weighted by atomic mass is 79.9. The number of fused-ring (bicyclic) bond motifs is 3. The minimum atomic E-state index is -0.507. The van der Waals surface area contributed by atoms with E-state index in [0.29, 0.717) is 22.4 Å². The molecule has 9 heteroatoms. The normalized spacial score (nSPS) is 19.2. The van der Waals surface area contributed by atoms with Gasteiger partial charge >= 0.3 is 0 Å². The third-order valence-corrected chi connectivity index (χ3v) is 6.48. The number of rotatable bonds is 3. The van der Waals surface area contributed by atoms with Crippen LogP contribution >= 0.6 is 27.7 Å². The van der Waals surface area contributed by atoms with Gasteiger partial charge in [0.25, 0.3) is 5.91 Å². The highest BCUT2D eigenvalue weighted by Crippen LogP contribution is 2.42. The molecule has 0 aliphatic carbocycles. The highest BCUT2D eigenvalue weighted by molar-refractivity contribution is 9.10. The van der Waals surface area contributed by atoms with Gasteiger partial charge in [0.2, 0.25) is 6.79 Å². The number of halogens is 1. The number of nitrogens with zero attached hydrogens (tertiary/aromatic N) is 3. The number of hydrogen-bond donors (Lipinski definition) is 1. The van der Waals surface area contributed by atoms with Gasteiger partial charge in [-0.05, 0) is 24.6 Å². The maximum atomic E-state index is 13.0. The van der Waals surface area contributed by atoms with Crippen LogP contribution in [0.5, 0.6) is 11.5 Å². The fraction of sp³-hybridized carbons (Fsp3) is 0.250. The molecule has 7 nitrogen and oxygen atoms in total. The Morgan fingerprint density at radius 2 is 2.07 bits per heavy atom. The van der Waals surface area contributed by atoms with E-state index in [1.165, 1.54) is 11.8 Å². The van der Waals surface area contributed by atoms with Crippen molar-refractivity contribution in [1.29, 1.82) is 0 Å². The largest absolute Gasteiger partial charge is 0.454 e. The number of carbonyl (C=O) groups is 1. The van der Waals surface area contributed by atoms with E-state index in [-0.39, 0.29) is 12.7 Å². The zero-order chi connectivity index (χ0) is 20.0. The van der Waals surface area contributed by atoms with E-state index in [1.54, 1.807) is 5.01 Å². The number of thioether (sulfide) groups is 1. The van der Waals surface area contributed by atoms with Gasteiger partial charge in [0.05, 0.1) is 5.36 Å². The number of nitrogens with one attached hydrogen (secondary N) is 1. The molecule has 1 amide bonds. The summed E-state index contributed by atoms with van der Waals surface area (Å²) in [7, 11) is 0. The van der Waals surface area contributed by atoms with Crippen molar-refractivity contribution in [1.82, 2.24) is 10.3 Å². The SMILES string of the molecule is CCCSC1=NN2C(=c3ccccc3=N[C@@H]2c2cc3c(cc2Br)OCO3)C(=O)N1. The number of benzene rings is 2. The molecule has 0 saturated heterocycles. The van der Waals surface area contributed by atoms with E-state index in [4.69, 9.17) is 19.6 Å². The van der Waals surface area contributed by atoms with Crippen LogP contribution in [0.2, 0.25) is 0 Å². The molecular formula is C20H17BrN4O3S. The van der Waals surface area contributed by atoms with Crippen molar-refractivity contribution in [2.75, 3.05) is 12.5 Å². The van der Waals surface area contributed by atoms with Crippen molar-refractivity contribution in [3.05, 3.63) is 57.0 Å². The fourth-order valence-electron chi connectivity index (χ4n) is 3.42. The lowest BCUT2D eigenvalue weighted by molar-refractivity contribution is -0.116. The summed E-state index contributed by atoms with van der Waals surface area (Å²) in [5, 5.41) is 11.5. The number of carbonyl (C=O) groups excluding carboxylic acids is 1. The Bertz CT molecular complexity index is 1170. The van der Waals surface area contributed by atoms with Gasteiger partial charge in [-0.15, -0.1) is 5.10 Å². The molecular weight excluding hydrogens is 456 g/mol. The first kappa shape index (κ1) is 18.5. The van der Waals surface area contributed by atoms with Gasteiger partial charge in [0, 0.05) is 21.0 Å². The summed E-state index contributed by atoms with van der Waals surface area (Å²) in [5.41, 5.74) is 1.34. The number of amidine groups is 1. The van der Waals surface area contributed by atoms with Crippen LogP contribution in [0.3, 0.4) is 0 Å². The van der Waals surface area contributed by atoms with Crippen molar-refractivity contribution in [3.8, 4) is 11.5 Å². The first-order valence-corrected chi connectivity index (χ1v) is 11.0. The number of hydrazone groups is 1. The van der Waals surface area contributed by atoms with E-state index >= 15 is 0 Å². The molecule has 0 bridgehead atoms. The molecule has 2 aromatic rings. The van der Waals surface area contributed by atoms with Crippen molar-refractivity contribution in [3.63, 3.8) is 0 Å². The smallest absolute Gasteiger partial charge is 0.276 e. The van der Waals surface area contributed by atoms with Gasteiger partial charge < -0.3 is 9.47 Å². The number of amides is 1. The lowest BCUT2D eigenvalue weighted by Gasteiger charge is -2.34. The van der Waals surface area contributed by atoms with Gasteiger partial charge in [0.1, 0.15) is 5.70 Å². The van der Waals surface area contributed by atoms with Crippen LogP contribution < -0.4 is 25.4 Å². The summed E-state index contributed by atoms with van der Waals surface area (Å²) in [5.74, 6) is 2.03. The summed E-state index contributed by atoms with van der Waals surface area (Å²) in [4.78, 5) is 17.9. The van der Waals surface area contributed by atoms with Crippen molar-refractivity contribution in [2.24, 2.45) is 10.1 Å². The quantitative estimate of drug-likeness (QED) is 0.742. The molecule has 0 fully saturated rings. The maximum Gasteiger partial charge on any atom is 0.276 e. The second-order valence-corrected chi connectivity index (χ2v) is 8.59. The molecule has 2 aromatic carbocycles. The minimum Gasteiger partial charge on any atom is -0.454 e. The van der Waals surface area contributed by atoms with Crippen LogP contribution in [0.15, 0.2) is 51.0 Å². The van der Waals surface area contributed by atoms with Gasteiger partial charge in [-0.3, -0.25) is 15.1 Å². The van der Waals surface area contributed by atoms with Crippen molar-refractivity contribution >= 4 is 44.5 Å². The van der Waals surface area contributed by atoms with Crippen LogP contribution in [0, 0.1) is 0 Å². The van der Waals surface area contributed by atoms with E-state index in [0.717, 1.165) is 32.8 Å². The second-order valence-electron chi connectivity index (χ2n) is 6.65. The Hall–Kier alpha value is -2.52. The zero-order valence-electron chi connectivity index (χ0n) is 15.5. The maximum absolute atomic E-state index is 13.0. The molecule has 3 heterocycles. The van der Waals surface area contributed by atoms with Gasteiger partial charge in [-0.25, -0.2) is 5.01 Å². The first-order chi connectivity index (χ1) is 14.2. The first-order valence-electron chi connectivity index (χ1n) is 9.24. The summed E-state index contributed by atoms with van der Waals surface area (Å²) in [6.07, 6.45) is 0.479. The molecule has 1 N–H and O–H groups in total. The molecule has 0 saturated carbocycles. The molecule has 1 atom stereocenters. The van der Waals surface area contributed by atoms with E-state index in [2.05, 4.69) is 28.2 Å². The zero-order valence-corrected chi connectivity index (χ0v) is 17.9. The summed E-state index contributed by atoms with van der Waals surface area (Å²) >= 11 is 5.15.